The highest BCUT2D eigenvalue weighted by Gasteiger charge is 2.18. The van der Waals surface area contributed by atoms with Crippen molar-refractivity contribution in [2.24, 2.45) is 15.7 Å². The summed E-state index contributed by atoms with van der Waals surface area (Å²) >= 11 is 0. The van der Waals surface area contributed by atoms with Crippen LogP contribution in [0.25, 0.3) is 0 Å². The van der Waals surface area contributed by atoms with E-state index in [1.807, 2.05) is 70.2 Å². The lowest BCUT2D eigenvalue weighted by Gasteiger charge is -2.19. The van der Waals surface area contributed by atoms with Gasteiger partial charge in [0.05, 0.1) is 22.8 Å². The standard InChI is InChI=1S/C17H20N4.C9H12N2.C8H12N2.ClH/c1-10-11(2)15(6-5-13(10)18)21-17-8-12-4-3-7-20-16(12)9-14(17)19;10-8-4-3-7-2-1-5-11-9(7)6-8;1-5-6(2)8(10)4-3-7(5)9;/h5-6,8-9H,3-4,7,18-19H2,1-2H3;3-4,6,11H,1-2,5,10H2;3-4H,9-10H2,1-2H3;1H. The van der Waals surface area contributed by atoms with Crippen molar-refractivity contribution < 1.29 is 0 Å². The van der Waals surface area contributed by atoms with E-state index in [1.165, 1.54) is 29.7 Å². The van der Waals surface area contributed by atoms with Crippen molar-refractivity contribution in [2.45, 2.75) is 53.4 Å². The molecule has 0 spiro atoms. The monoisotopic (exact) mass is 600 g/mol. The molecule has 0 amide bonds. The molecule has 0 fully saturated rings. The summed E-state index contributed by atoms with van der Waals surface area (Å²) < 4.78 is 0. The number of nitrogens with zero attached hydrogens (tertiary/aromatic N) is 2. The molecule has 11 N–H and O–H groups in total. The summed E-state index contributed by atoms with van der Waals surface area (Å²) in [5.74, 6) is 0. The zero-order valence-electron chi connectivity index (χ0n) is 25.6. The Hall–Kier alpha value is -4.43. The highest BCUT2D eigenvalue weighted by atomic mass is 35.5. The number of fused-ring (bicyclic) bond motifs is 2. The second-order valence-corrected chi connectivity index (χ2v) is 11.0. The van der Waals surface area contributed by atoms with Crippen molar-refractivity contribution in [3.63, 3.8) is 0 Å². The van der Waals surface area contributed by atoms with Gasteiger partial charge in [0, 0.05) is 41.5 Å². The minimum Gasteiger partial charge on any atom is -0.399 e. The van der Waals surface area contributed by atoms with Crippen molar-refractivity contribution in [1.82, 2.24) is 0 Å². The number of nitrogens with two attached hydrogens (primary N) is 5. The van der Waals surface area contributed by atoms with Gasteiger partial charge in [-0.3, -0.25) is 4.99 Å². The Morgan fingerprint density at radius 1 is 0.721 bits per heavy atom. The maximum Gasteiger partial charge on any atom is 0.0870 e. The molecular weight excluding hydrogens is 556 g/mol. The zero-order chi connectivity index (χ0) is 30.4. The van der Waals surface area contributed by atoms with Crippen LogP contribution in [0.2, 0.25) is 0 Å². The van der Waals surface area contributed by atoms with Crippen LogP contribution in [0.1, 0.15) is 47.1 Å². The predicted octanol–water partition coefficient (Wildman–Crippen LogP) is 6.49. The Labute approximate surface area is 261 Å². The number of allylic oxidation sites excluding steroid dienone is 3. The molecule has 3 aromatic carbocycles. The van der Waals surface area contributed by atoms with E-state index < -0.39 is 0 Å². The third-order valence-corrected chi connectivity index (χ3v) is 8.10. The SMILES string of the molecule is Cc1c(N)ccc(N)c1C.Cc1c(N)ccc(N=C2C=C3CCCN=C3C=C2N)c1C.Cl.Nc1ccc2c(c1)NCCC2. The first kappa shape index (κ1) is 33.1. The number of anilines is 5. The van der Waals surface area contributed by atoms with Crippen LogP contribution in [-0.2, 0) is 6.42 Å². The molecule has 2 aliphatic heterocycles. The van der Waals surface area contributed by atoms with E-state index in [9.17, 15) is 0 Å². The fraction of sp³-hybridized carbons (Fsp3) is 0.294. The fourth-order valence-corrected chi connectivity index (χ4v) is 4.97. The molecule has 0 aromatic heterocycles. The first-order valence-corrected chi connectivity index (χ1v) is 14.5. The lowest BCUT2D eigenvalue weighted by molar-refractivity contribution is 0.816. The number of hydrogen-bond donors (Lipinski definition) is 6. The average Bonchev–Trinajstić information content (AvgIpc) is 2.99. The molecule has 43 heavy (non-hydrogen) atoms. The Balaban J connectivity index is 0.000000194. The number of nitrogens with one attached hydrogen (secondary N) is 1. The molecule has 1 aliphatic carbocycles. The van der Waals surface area contributed by atoms with Gasteiger partial charge < -0.3 is 34.0 Å². The van der Waals surface area contributed by atoms with Crippen LogP contribution < -0.4 is 34.0 Å². The van der Waals surface area contributed by atoms with Crippen molar-refractivity contribution in [2.75, 3.05) is 41.3 Å². The van der Waals surface area contributed by atoms with Gasteiger partial charge in [0.1, 0.15) is 0 Å². The van der Waals surface area contributed by atoms with Crippen LogP contribution in [0.15, 0.2) is 75.9 Å². The summed E-state index contributed by atoms with van der Waals surface area (Å²) in [7, 11) is 0. The van der Waals surface area contributed by atoms with Gasteiger partial charge in [0.25, 0.3) is 0 Å². The minimum absolute atomic E-state index is 0. The predicted molar refractivity (Wildman–Crippen MR) is 189 cm³/mol. The van der Waals surface area contributed by atoms with Gasteiger partial charge in [-0.1, -0.05) is 6.07 Å². The van der Waals surface area contributed by atoms with E-state index in [0.29, 0.717) is 5.70 Å². The van der Waals surface area contributed by atoms with E-state index in [0.717, 1.165) is 88.0 Å². The lowest BCUT2D eigenvalue weighted by atomic mass is 9.94. The Bertz CT molecular complexity index is 1570. The minimum atomic E-state index is 0. The van der Waals surface area contributed by atoms with Crippen LogP contribution in [0.3, 0.4) is 0 Å². The molecule has 0 saturated heterocycles. The van der Waals surface area contributed by atoms with Gasteiger partial charge in [0.2, 0.25) is 0 Å². The molecule has 9 heteroatoms. The maximum absolute atomic E-state index is 6.13. The van der Waals surface area contributed by atoms with Gasteiger partial charge in [-0.2, -0.15) is 0 Å². The molecule has 6 rings (SSSR count). The number of aliphatic imine (C=N–C) groups is 2. The molecule has 0 saturated carbocycles. The highest BCUT2D eigenvalue weighted by Crippen LogP contribution is 2.28. The van der Waals surface area contributed by atoms with Crippen molar-refractivity contribution in [3.8, 4) is 0 Å². The molecule has 0 radical (unpaired) electrons. The molecule has 0 bridgehead atoms. The molecule has 3 aromatic rings. The fourth-order valence-electron chi connectivity index (χ4n) is 4.97. The van der Waals surface area contributed by atoms with E-state index in [1.54, 1.807) is 0 Å². The van der Waals surface area contributed by atoms with E-state index in [2.05, 4.69) is 22.5 Å². The van der Waals surface area contributed by atoms with Crippen LogP contribution in [0.4, 0.5) is 34.1 Å². The molecule has 0 unspecified atom stereocenters. The summed E-state index contributed by atoms with van der Waals surface area (Å²) in [6.45, 7) is 9.96. The molecule has 0 atom stereocenters. The third-order valence-electron chi connectivity index (χ3n) is 8.10. The Morgan fingerprint density at radius 2 is 1.35 bits per heavy atom. The number of halogens is 1. The van der Waals surface area contributed by atoms with Gasteiger partial charge in [-0.15, -0.1) is 12.4 Å². The van der Waals surface area contributed by atoms with Crippen molar-refractivity contribution in [1.29, 1.82) is 0 Å². The van der Waals surface area contributed by atoms with Crippen molar-refractivity contribution >= 4 is 58.0 Å². The summed E-state index contributed by atoms with van der Waals surface area (Å²) in [5.41, 5.74) is 43.8. The average molecular weight is 601 g/mol. The van der Waals surface area contributed by atoms with Gasteiger partial charge in [-0.05, 0) is 135 Å². The first-order chi connectivity index (χ1) is 20.0. The molecule has 8 nitrogen and oxygen atoms in total. The largest absolute Gasteiger partial charge is 0.399 e. The molecule has 228 valence electrons. The number of nitrogen functional groups attached to an aromatic ring is 4. The van der Waals surface area contributed by atoms with Gasteiger partial charge >= 0.3 is 0 Å². The number of hydrogen-bond acceptors (Lipinski definition) is 8. The maximum atomic E-state index is 6.13. The molecule has 3 aliphatic rings. The highest BCUT2D eigenvalue weighted by molar-refractivity contribution is 6.24. The second-order valence-electron chi connectivity index (χ2n) is 11.0. The summed E-state index contributed by atoms with van der Waals surface area (Å²) in [6, 6.07) is 13.6. The normalized spacial score (nSPS) is 15.8. The molecular formula is C34H45ClN8. The quantitative estimate of drug-likeness (QED) is 0.138. The second kappa shape index (κ2) is 14.6. The third kappa shape index (κ3) is 8.11. The van der Waals surface area contributed by atoms with Crippen molar-refractivity contribution in [3.05, 3.63) is 93.7 Å². The van der Waals surface area contributed by atoms with E-state index in [4.69, 9.17) is 33.7 Å². The van der Waals surface area contributed by atoms with Gasteiger partial charge in [0.15, 0.2) is 0 Å². The number of aryl methyl sites for hydroxylation is 1. The van der Waals surface area contributed by atoms with Crippen LogP contribution in [0.5, 0.6) is 0 Å². The summed E-state index contributed by atoms with van der Waals surface area (Å²) in [6.07, 6.45) is 8.56. The van der Waals surface area contributed by atoms with E-state index in [-0.39, 0.29) is 12.4 Å². The number of benzene rings is 3. The molecule has 2 heterocycles. The van der Waals surface area contributed by atoms with Crippen LogP contribution in [0, 0.1) is 27.7 Å². The topological polar surface area (TPSA) is 167 Å². The Kier molecular flexibility index (Phi) is 11.3. The first-order valence-electron chi connectivity index (χ1n) is 14.5. The smallest absolute Gasteiger partial charge is 0.0870 e. The summed E-state index contributed by atoms with van der Waals surface area (Å²) in [4.78, 5) is 9.24. The van der Waals surface area contributed by atoms with Crippen LogP contribution in [-0.4, -0.2) is 24.5 Å². The number of rotatable bonds is 1. The zero-order valence-corrected chi connectivity index (χ0v) is 26.4. The lowest BCUT2D eigenvalue weighted by Crippen LogP contribution is -2.21. The Morgan fingerprint density at radius 3 is 2.02 bits per heavy atom. The van der Waals surface area contributed by atoms with Gasteiger partial charge in [-0.25, -0.2) is 4.99 Å². The van der Waals surface area contributed by atoms with E-state index >= 15 is 0 Å². The van der Waals surface area contributed by atoms with Crippen LogP contribution >= 0.6 is 12.4 Å². The summed E-state index contributed by atoms with van der Waals surface area (Å²) in [5, 5.41) is 3.32.